The molecular formula is C20H27N3O4S2. The highest BCUT2D eigenvalue weighted by molar-refractivity contribution is 7.92. The molecule has 1 fully saturated rings. The van der Waals surface area contributed by atoms with Crippen molar-refractivity contribution in [3.63, 3.8) is 0 Å². The molecule has 0 saturated carbocycles. The van der Waals surface area contributed by atoms with E-state index in [-0.39, 0.29) is 0 Å². The SMILES string of the molecule is CCn1c(=NC(=O)CS(=O)(=O)CC(=O)N2CCCCCC2)sc2cc(C)ccc21. The number of nitrogens with zero attached hydrogens (tertiary/aromatic N) is 3. The van der Waals surface area contributed by atoms with Crippen LogP contribution in [0.4, 0.5) is 0 Å². The number of sulfone groups is 1. The van der Waals surface area contributed by atoms with Crippen molar-refractivity contribution in [1.29, 1.82) is 0 Å². The van der Waals surface area contributed by atoms with Crippen LogP contribution in [0.5, 0.6) is 0 Å². The second-order valence-electron chi connectivity index (χ2n) is 7.43. The first-order chi connectivity index (χ1) is 13.8. The van der Waals surface area contributed by atoms with Crippen LogP contribution >= 0.6 is 11.3 Å². The van der Waals surface area contributed by atoms with Crippen LogP contribution in [0.15, 0.2) is 23.2 Å². The molecule has 0 spiro atoms. The largest absolute Gasteiger partial charge is 0.342 e. The molecule has 0 radical (unpaired) electrons. The van der Waals surface area contributed by atoms with Crippen molar-refractivity contribution in [3.8, 4) is 0 Å². The molecule has 0 unspecified atom stereocenters. The van der Waals surface area contributed by atoms with Crippen molar-refractivity contribution in [3.05, 3.63) is 28.6 Å². The van der Waals surface area contributed by atoms with Crippen LogP contribution in [0.25, 0.3) is 10.2 Å². The number of thiazole rings is 1. The predicted molar refractivity (Wildman–Crippen MR) is 114 cm³/mol. The van der Waals surface area contributed by atoms with E-state index >= 15 is 0 Å². The van der Waals surface area contributed by atoms with E-state index in [2.05, 4.69) is 4.99 Å². The third-order valence-corrected chi connectivity index (χ3v) is 7.44. The third-order valence-electron chi connectivity index (χ3n) is 5.02. The molecule has 3 rings (SSSR count). The summed E-state index contributed by atoms with van der Waals surface area (Å²) in [6, 6.07) is 5.99. The molecule has 0 N–H and O–H groups in total. The fourth-order valence-corrected chi connectivity index (χ4v) is 5.86. The zero-order valence-corrected chi connectivity index (χ0v) is 18.5. The summed E-state index contributed by atoms with van der Waals surface area (Å²) in [5.41, 5.74) is 2.07. The lowest BCUT2D eigenvalue weighted by Crippen LogP contribution is -2.37. The Labute approximate surface area is 175 Å². The lowest BCUT2D eigenvalue weighted by atomic mass is 10.2. The molecule has 0 aliphatic carbocycles. The number of aryl methyl sites for hydroxylation is 2. The van der Waals surface area contributed by atoms with Gasteiger partial charge in [0.05, 0.1) is 10.2 Å². The zero-order valence-electron chi connectivity index (χ0n) is 16.9. The molecule has 1 aliphatic rings. The average Bonchev–Trinajstić information content (AvgIpc) is 2.81. The van der Waals surface area contributed by atoms with Crippen molar-refractivity contribution >= 4 is 43.2 Å². The fourth-order valence-electron chi connectivity index (χ4n) is 3.55. The molecule has 2 heterocycles. The highest BCUT2D eigenvalue weighted by atomic mass is 32.2. The molecule has 1 aliphatic heterocycles. The van der Waals surface area contributed by atoms with Crippen LogP contribution in [0.3, 0.4) is 0 Å². The number of carbonyl (C=O) groups is 2. The highest BCUT2D eigenvalue weighted by Crippen LogP contribution is 2.19. The van der Waals surface area contributed by atoms with Gasteiger partial charge in [-0.1, -0.05) is 30.2 Å². The van der Waals surface area contributed by atoms with E-state index in [0.717, 1.165) is 41.5 Å². The lowest BCUT2D eigenvalue weighted by molar-refractivity contribution is -0.128. The van der Waals surface area contributed by atoms with E-state index in [1.54, 1.807) is 4.90 Å². The maximum absolute atomic E-state index is 12.4. The molecule has 0 atom stereocenters. The number of amides is 2. The smallest absolute Gasteiger partial charge is 0.263 e. The van der Waals surface area contributed by atoms with Crippen molar-refractivity contribution < 1.29 is 18.0 Å². The Kier molecular flexibility index (Phi) is 6.89. The molecule has 2 aromatic rings. The van der Waals surface area contributed by atoms with Gasteiger partial charge in [-0.05, 0) is 44.4 Å². The summed E-state index contributed by atoms with van der Waals surface area (Å²) in [5, 5.41) is 0. The summed E-state index contributed by atoms with van der Waals surface area (Å²) in [4.78, 5) is 30.9. The maximum Gasteiger partial charge on any atom is 0.263 e. The number of hydrogen-bond donors (Lipinski definition) is 0. The van der Waals surface area contributed by atoms with Crippen LogP contribution in [0, 0.1) is 6.92 Å². The molecular weight excluding hydrogens is 410 g/mol. The summed E-state index contributed by atoms with van der Waals surface area (Å²) in [7, 11) is -3.86. The molecule has 0 bridgehead atoms. The maximum atomic E-state index is 12.4. The van der Waals surface area contributed by atoms with Gasteiger partial charge in [-0.15, -0.1) is 0 Å². The normalized spacial score (nSPS) is 16.2. The third kappa shape index (κ3) is 5.54. The van der Waals surface area contributed by atoms with E-state index in [0.29, 0.717) is 24.4 Å². The Hall–Kier alpha value is -2.00. The van der Waals surface area contributed by atoms with Crippen LogP contribution < -0.4 is 4.80 Å². The van der Waals surface area contributed by atoms with Gasteiger partial charge in [0.1, 0.15) is 11.5 Å². The van der Waals surface area contributed by atoms with E-state index < -0.39 is 33.2 Å². The topological polar surface area (TPSA) is 88.8 Å². The van der Waals surface area contributed by atoms with E-state index in [9.17, 15) is 18.0 Å². The minimum atomic E-state index is -3.86. The van der Waals surface area contributed by atoms with Gasteiger partial charge >= 0.3 is 0 Å². The van der Waals surface area contributed by atoms with E-state index in [1.165, 1.54) is 11.3 Å². The lowest BCUT2D eigenvalue weighted by Gasteiger charge is -2.19. The Morgan fingerprint density at radius 2 is 1.79 bits per heavy atom. The summed E-state index contributed by atoms with van der Waals surface area (Å²) in [5.74, 6) is -2.53. The Bertz CT molecular complexity index is 1070. The Morgan fingerprint density at radius 1 is 1.10 bits per heavy atom. The minimum absolute atomic E-state index is 0.416. The number of benzene rings is 1. The number of likely N-dealkylation sites (tertiary alicyclic amines) is 1. The highest BCUT2D eigenvalue weighted by Gasteiger charge is 2.25. The Morgan fingerprint density at radius 3 is 2.45 bits per heavy atom. The van der Waals surface area contributed by atoms with Crippen molar-refractivity contribution in [2.45, 2.75) is 46.1 Å². The molecule has 7 nitrogen and oxygen atoms in total. The predicted octanol–water partition coefficient (Wildman–Crippen LogP) is 2.28. The number of carbonyl (C=O) groups excluding carboxylic acids is 2. The minimum Gasteiger partial charge on any atom is -0.342 e. The van der Waals surface area contributed by atoms with Gasteiger partial charge in [-0.2, -0.15) is 4.99 Å². The van der Waals surface area contributed by atoms with Crippen molar-refractivity contribution in [1.82, 2.24) is 9.47 Å². The molecule has 1 aromatic heterocycles. The Balaban J connectivity index is 1.75. The van der Waals surface area contributed by atoms with Gasteiger partial charge in [0, 0.05) is 19.6 Å². The standard InChI is InChI=1S/C20H27N3O4S2/c1-3-23-16-9-8-15(2)12-17(16)28-20(23)21-18(24)13-29(26,27)14-19(25)22-10-6-4-5-7-11-22/h8-9,12H,3-7,10-11,13-14H2,1-2H3. The van der Waals surface area contributed by atoms with Gasteiger partial charge in [0.15, 0.2) is 14.6 Å². The number of aromatic nitrogens is 1. The summed E-state index contributed by atoms with van der Waals surface area (Å²) in [6.07, 6.45) is 3.89. The van der Waals surface area contributed by atoms with Gasteiger partial charge in [-0.3, -0.25) is 9.59 Å². The molecule has 29 heavy (non-hydrogen) atoms. The fraction of sp³-hybridized carbons (Fsp3) is 0.550. The van der Waals surface area contributed by atoms with Crippen LogP contribution in [-0.2, 0) is 26.0 Å². The molecule has 158 valence electrons. The number of hydrogen-bond acceptors (Lipinski definition) is 5. The van der Waals surface area contributed by atoms with E-state index in [1.807, 2.05) is 36.6 Å². The van der Waals surface area contributed by atoms with Gasteiger partial charge in [0.25, 0.3) is 5.91 Å². The quantitative estimate of drug-likeness (QED) is 0.718. The van der Waals surface area contributed by atoms with Crippen molar-refractivity contribution in [2.75, 3.05) is 24.6 Å². The van der Waals surface area contributed by atoms with Crippen LogP contribution in [0.2, 0.25) is 0 Å². The molecule has 9 heteroatoms. The second-order valence-corrected chi connectivity index (χ2v) is 10.5. The number of fused-ring (bicyclic) bond motifs is 1. The van der Waals surface area contributed by atoms with E-state index in [4.69, 9.17) is 0 Å². The van der Waals surface area contributed by atoms with Crippen molar-refractivity contribution in [2.24, 2.45) is 4.99 Å². The summed E-state index contributed by atoms with van der Waals surface area (Å²) >= 11 is 1.36. The molecule has 1 aromatic carbocycles. The number of rotatable bonds is 5. The second kappa shape index (κ2) is 9.21. The molecule has 2 amide bonds. The monoisotopic (exact) mass is 437 g/mol. The van der Waals surface area contributed by atoms with Gasteiger partial charge < -0.3 is 9.47 Å². The summed E-state index contributed by atoms with van der Waals surface area (Å²) in [6.45, 7) is 5.74. The summed E-state index contributed by atoms with van der Waals surface area (Å²) < 4.78 is 27.7. The van der Waals surface area contributed by atoms with Crippen LogP contribution in [-0.4, -0.2) is 54.3 Å². The first-order valence-electron chi connectivity index (χ1n) is 9.95. The van der Waals surface area contributed by atoms with Gasteiger partial charge in [-0.25, -0.2) is 8.42 Å². The average molecular weight is 438 g/mol. The molecule has 1 saturated heterocycles. The first-order valence-corrected chi connectivity index (χ1v) is 12.6. The zero-order chi connectivity index (χ0) is 21.0. The van der Waals surface area contributed by atoms with Crippen LogP contribution in [0.1, 0.15) is 38.2 Å². The first kappa shape index (κ1) is 21.7. The van der Waals surface area contributed by atoms with Gasteiger partial charge in [0.2, 0.25) is 5.91 Å².